The van der Waals surface area contributed by atoms with Gasteiger partial charge in [-0.15, -0.1) is 0 Å². The molecule has 0 aromatic carbocycles. The first-order valence-electron chi connectivity index (χ1n) is 10.2. The molecule has 0 radical (unpaired) electrons. The van der Waals surface area contributed by atoms with Gasteiger partial charge in [-0.2, -0.15) is 0 Å². The van der Waals surface area contributed by atoms with E-state index >= 15 is 0 Å². The van der Waals surface area contributed by atoms with Crippen LogP contribution in [0.25, 0.3) is 0 Å². The van der Waals surface area contributed by atoms with Gasteiger partial charge in [-0.05, 0) is 0 Å². The second-order valence-corrected chi connectivity index (χ2v) is 9.19. The molecule has 0 aromatic heterocycles. The van der Waals surface area contributed by atoms with Gasteiger partial charge in [0.2, 0.25) is 11.8 Å². The number of aliphatic hydroxyl groups is 5. The van der Waals surface area contributed by atoms with E-state index in [9.17, 15) is 44.6 Å². The second-order valence-electron chi connectivity index (χ2n) is 7.79. The van der Waals surface area contributed by atoms with Crippen LogP contribution in [0.5, 0.6) is 0 Å². The maximum Gasteiger partial charge on any atom is 0.474 e. The minimum Gasteiger partial charge on any atom is -0.394 e. The van der Waals surface area contributed by atoms with Gasteiger partial charge in [0, 0.05) is 21.0 Å². The van der Waals surface area contributed by atoms with Crippen molar-refractivity contribution < 1.29 is 67.8 Å². The minimum absolute atomic E-state index is 0.528. The van der Waals surface area contributed by atoms with Crippen molar-refractivity contribution in [3.8, 4) is 0 Å². The average molecular weight is 518 g/mol. The van der Waals surface area contributed by atoms with E-state index < -0.39 is 94.1 Å². The minimum atomic E-state index is -5.04. The maximum atomic E-state index is 12.5. The summed E-state index contributed by atoms with van der Waals surface area (Å²) in [5.41, 5.74) is 0. The molecule has 8 N–H and O–H groups in total. The van der Waals surface area contributed by atoms with Crippen molar-refractivity contribution in [3.05, 3.63) is 0 Å². The molecule has 2 aliphatic rings. The van der Waals surface area contributed by atoms with E-state index in [1.807, 2.05) is 0 Å². The molecule has 2 rings (SSSR count). The van der Waals surface area contributed by atoms with Gasteiger partial charge in [-0.3, -0.25) is 18.6 Å². The molecule has 16 nitrogen and oxygen atoms in total. The Labute approximate surface area is 194 Å². The second kappa shape index (κ2) is 12.1. The van der Waals surface area contributed by atoms with E-state index in [1.165, 1.54) is 14.0 Å². The molecular weight excluding hydrogens is 487 g/mol. The summed E-state index contributed by atoms with van der Waals surface area (Å²) < 4.78 is 37.9. The number of nitrogens with one attached hydrogen (secondary N) is 2. The Morgan fingerprint density at radius 1 is 0.882 bits per heavy atom. The average Bonchev–Trinajstić information content (AvgIpc) is 2.75. The van der Waals surface area contributed by atoms with Crippen LogP contribution < -0.4 is 10.6 Å². The Kier molecular flexibility index (Phi) is 10.3. The monoisotopic (exact) mass is 518 g/mol. The molecule has 2 amide bonds. The van der Waals surface area contributed by atoms with E-state index in [0.29, 0.717) is 0 Å². The predicted octanol–water partition coefficient (Wildman–Crippen LogP) is -4.34. The molecule has 198 valence electrons. The summed E-state index contributed by atoms with van der Waals surface area (Å²) in [5, 5.41) is 54.7. The highest BCUT2D eigenvalue weighted by molar-refractivity contribution is 7.47. The van der Waals surface area contributed by atoms with Crippen molar-refractivity contribution in [1.82, 2.24) is 10.6 Å². The molecule has 11 atom stereocenters. The third-order valence-electron chi connectivity index (χ3n) is 5.19. The number of hydrogen-bond acceptors (Lipinski definition) is 13. The van der Waals surface area contributed by atoms with Gasteiger partial charge in [0.05, 0.1) is 13.2 Å². The van der Waals surface area contributed by atoms with Gasteiger partial charge in [0.1, 0.15) is 48.7 Å². The van der Waals surface area contributed by atoms with Crippen LogP contribution in [-0.2, 0) is 37.4 Å². The summed E-state index contributed by atoms with van der Waals surface area (Å²) in [6, 6.07) is -2.64. The lowest BCUT2D eigenvalue weighted by Crippen LogP contribution is -2.64. The summed E-state index contributed by atoms with van der Waals surface area (Å²) in [4.78, 5) is 32.9. The van der Waals surface area contributed by atoms with E-state index in [-0.39, 0.29) is 0 Å². The Hall–Kier alpha value is -1.27. The summed E-state index contributed by atoms with van der Waals surface area (Å²) in [6.45, 7) is 0.677. The van der Waals surface area contributed by atoms with Gasteiger partial charge in [0.15, 0.2) is 12.6 Å². The van der Waals surface area contributed by atoms with Gasteiger partial charge >= 0.3 is 7.82 Å². The molecular formula is C17H31N2O14P. The van der Waals surface area contributed by atoms with E-state index in [0.717, 1.165) is 6.92 Å². The number of methoxy groups -OCH3 is 1. The number of hydrogen-bond donors (Lipinski definition) is 8. The summed E-state index contributed by atoms with van der Waals surface area (Å²) in [6.07, 6.45) is -12.5. The molecule has 2 aliphatic heterocycles. The van der Waals surface area contributed by atoms with Gasteiger partial charge in [-0.25, -0.2) is 4.57 Å². The number of phosphoric ester groups is 1. The number of carbonyl (C=O) groups excluding carboxylic acids is 2. The van der Waals surface area contributed by atoms with Crippen LogP contribution in [0.2, 0.25) is 0 Å². The largest absolute Gasteiger partial charge is 0.474 e. The van der Waals surface area contributed by atoms with Crippen LogP contribution in [-0.4, -0.2) is 124 Å². The van der Waals surface area contributed by atoms with E-state index in [2.05, 4.69) is 10.6 Å². The van der Waals surface area contributed by atoms with Crippen LogP contribution in [0, 0.1) is 0 Å². The summed E-state index contributed by atoms with van der Waals surface area (Å²) in [7, 11) is -3.83. The highest BCUT2D eigenvalue weighted by Gasteiger charge is 2.49. The molecule has 2 fully saturated rings. The van der Waals surface area contributed by atoms with Crippen molar-refractivity contribution in [2.75, 3.05) is 20.3 Å². The highest BCUT2D eigenvalue weighted by Crippen LogP contribution is 2.47. The Balaban J connectivity index is 2.07. The van der Waals surface area contributed by atoms with E-state index in [4.69, 9.17) is 23.3 Å². The smallest absolute Gasteiger partial charge is 0.394 e. The van der Waals surface area contributed by atoms with Gasteiger partial charge in [-0.1, -0.05) is 0 Å². The number of rotatable bonds is 9. The molecule has 11 unspecified atom stereocenters. The van der Waals surface area contributed by atoms with Crippen molar-refractivity contribution in [2.24, 2.45) is 0 Å². The normalized spacial score (nSPS) is 40.3. The first-order chi connectivity index (χ1) is 15.8. The third-order valence-corrected chi connectivity index (χ3v) is 6.14. The highest BCUT2D eigenvalue weighted by atomic mass is 31.2. The number of aliphatic hydroxyl groups excluding tert-OH is 5. The van der Waals surface area contributed by atoms with Crippen LogP contribution in [0.15, 0.2) is 0 Å². The lowest BCUT2D eigenvalue weighted by atomic mass is 9.97. The zero-order valence-corrected chi connectivity index (χ0v) is 19.5. The third kappa shape index (κ3) is 7.13. The predicted molar refractivity (Wildman–Crippen MR) is 108 cm³/mol. The Bertz CT molecular complexity index is 756. The van der Waals surface area contributed by atoms with Crippen molar-refractivity contribution in [2.45, 2.75) is 75.1 Å². The van der Waals surface area contributed by atoms with Crippen LogP contribution in [0.3, 0.4) is 0 Å². The Morgan fingerprint density at radius 2 is 1.35 bits per heavy atom. The maximum absolute atomic E-state index is 12.5. The first kappa shape index (κ1) is 29.0. The van der Waals surface area contributed by atoms with E-state index in [1.54, 1.807) is 0 Å². The molecule has 0 aliphatic carbocycles. The summed E-state index contributed by atoms with van der Waals surface area (Å²) in [5.74, 6) is -1.21. The SMILES string of the molecule is COC1OC(COP(=O)(O)OC2OC(CO)C(O)C(O)C2NC(C)=O)C(O)C(O)C1NC(C)=O. The fourth-order valence-corrected chi connectivity index (χ4v) is 4.39. The van der Waals surface area contributed by atoms with Gasteiger partial charge < -0.3 is 55.3 Å². The molecule has 2 saturated heterocycles. The van der Waals surface area contributed by atoms with Crippen LogP contribution in [0.4, 0.5) is 0 Å². The zero-order valence-electron chi connectivity index (χ0n) is 18.6. The number of amides is 2. The summed E-state index contributed by atoms with van der Waals surface area (Å²) >= 11 is 0. The molecule has 34 heavy (non-hydrogen) atoms. The Morgan fingerprint density at radius 3 is 1.82 bits per heavy atom. The molecule has 0 bridgehead atoms. The lowest BCUT2D eigenvalue weighted by molar-refractivity contribution is -0.264. The van der Waals surface area contributed by atoms with Crippen LogP contribution >= 0.6 is 7.82 Å². The van der Waals surface area contributed by atoms with Crippen LogP contribution in [0.1, 0.15) is 13.8 Å². The quantitative estimate of drug-likeness (QED) is 0.135. The van der Waals surface area contributed by atoms with Crippen molar-refractivity contribution in [3.63, 3.8) is 0 Å². The molecule has 17 heteroatoms. The number of carbonyl (C=O) groups is 2. The fraction of sp³-hybridized carbons (Fsp3) is 0.882. The lowest BCUT2D eigenvalue weighted by Gasteiger charge is -2.43. The molecule has 2 heterocycles. The number of phosphoric acid groups is 1. The zero-order chi connectivity index (χ0) is 25.8. The standard InChI is InChI=1S/C17H31N2O14P/c1-6(21)18-10-14(25)13(24)9(32-16(10)29-3)5-30-34(27,28)33-17-11(19-7(2)22)15(26)12(23)8(4-20)31-17/h8-17,20,23-26H,4-5H2,1-3H3,(H,18,21)(H,19,22)(H,27,28). The molecule has 0 spiro atoms. The topological polar surface area (TPSA) is 243 Å². The van der Waals surface area contributed by atoms with Gasteiger partial charge in [0.25, 0.3) is 0 Å². The fourth-order valence-electron chi connectivity index (χ4n) is 3.55. The first-order valence-corrected chi connectivity index (χ1v) is 11.7. The van der Waals surface area contributed by atoms with Crippen molar-refractivity contribution in [1.29, 1.82) is 0 Å². The molecule has 0 saturated carbocycles. The molecule has 0 aromatic rings. The van der Waals surface area contributed by atoms with Crippen molar-refractivity contribution >= 4 is 19.6 Å². The number of ether oxygens (including phenoxy) is 3.